The number of nitrogens with one attached hydrogen (secondary N) is 1. The third-order valence-corrected chi connectivity index (χ3v) is 7.55. The summed E-state index contributed by atoms with van der Waals surface area (Å²) in [6.45, 7) is 3.69. The molecule has 1 aliphatic heterocycles. The molecule has 1 atom stereocenters. The van der Waals surface area contributed by atoms with Gasteiger partial charge >= 0.3 is 0 Å². The number of halogens is 1. The number of hydrogen-bond acceptors (Lipinski definition) is 2. The summed E-state index contributed by atoms with van der Waals surface area (Å²) in [7, 11) is -2.97. The minimum atomic E-state index is -2.97. The van der Waals surface area contributed by atoms with E-state index in [2.05, 4.69) is 27.0 Å². The molecule has 1 aromatic carbocycles. The van der Waals surface area contributed by atoms with E-state index in [0.717, 1.165) is 9.99 Å². The molecule has 3 nitrogen and oxygen atoms in total. The molecule has 1 unspecified atom stereocenters. The molecule has 1 aliphatic rings. The van der Waals surface area contributed by atoms with Crippen molar-refractivity contribution in [1.29, 1.82) is 0 Å². The van der Waals surface area contributed by atoms with Gasteiger partial charge in [0.05, 0.1) is 10.5 Å². The fourth-order valence-electron chi connectivity index (χ4n) is 3.11. The highest BCUT2D eigenvalue weighted by atomic mass is 79.9. The normalized spacial score (nSPS) is 24.9. The number of aromatic nitrogens is 1. The van der Waals surface area contributed by atoms with Crippen molar-refractivity contribution in [2.24, 2.45) is 0 Å². The van der Waals surface area contributed by atoms with Crippen molar-refractivity contribution in [2.45, 2.75) is 37.4 Å². The summed E-state index contributed by atoms with van der Waals surface area (Å²) < 4.78 is 24.7. The lowest BCUT2D eigenvalue weighted by molar-refractivity contribution is 0.451. The largest absolute Gasteiger partial charge is 0.361 e. The molecule has 0 amide bonds. The lowest BCUT2D eigenvalue weighted by Crippen LogP contribution is -2.40. The van der Waals surface area contributed by atoms with Crippen molar-refractivity contribution in [1.82, 2.24) is 4.98 Å². The molecule has 2 heterocycles. The second kappa shape index (κ2) is 4.60. The fraction of sp³-hybridized carbons (Fsp3) is 0.467. The number of sulfone groups is 1. The van der Waals surface area contributed by atoms with E-state index < -0.39 is 14.6 Å². The zero-order chi connectivity index (χ0) is 14.5. The Morgan fingerprint density at radius 1 is 1.35 bits per heavy atom. The topological polar surface area (TPSA) is 49.9 Å². The van der Waals surface area contributed by atoms with Gasteiger partial charge in [0.2, 0.25) is 0 Å². The van der Waals surface area contributed by atoms with Crippen LogP contribution in [0.4, 0.5) is 0 Å². The Kier molecular flexibility index (Phi) is 3.25. The van der Waals surface area contributed by atoms with Crippen LogP contribution in [0, 0.1) is 0 Å². The zero-order valence-corrected chi connectivity index (χ0v) is 14.0. The number of rotatable bonds is 1. The minimum Gasteiger partial charge on any atom is -0.361 e. The third kappa shape index (κ3) is 2.21. The summed E-state index contributed by atoms with van der Waals surface area (Å²) in [5, 5.41) is 1.19. The molecule has 5 heteroatoms. The summed E-state index contributed by atoms with van der Waals surface area (Å²) in [6.07, 6.45) is 3.44. The second-order valence-corrected chi connectivity index (χ2v) is 9.86. The average Bonchev–Trinajstić information content (AvgIpc) is 2.75. The van der Waals surface area contributed by atoms with Crippen LogP contribution in [-0.2, 0) is 9.84 Å². The molecule has 1 saturated heterocycles. The molecule has 0 bridgehead atoms. The van der Waals surface area contributed by atoms with Crippen LogP contribution in [0.15, 0.2) is 28.9 Å². The van der Waals surface area contributed by atoms with Crippen LogP contribution in [0.25, 0.3) is 10.9 Å². The summed E-state index contributed by atoms with van der Waals surface area (Å²) in [4.78, 5) is 3.29. The quantitative estimate of drug-likeness (QED) is 0.840. The monoisotopic (exact) mass is 355 g/mol. The van der Waals surface area contributed by atoms with E-state index in [0.29, 0.717) is 18.8 Å². The Bertz CT molecular complexity index is 761. The van der Waals surface area contributed by atoms with Crippen LogP contribution in [0.3, 0.4) is 0 Å². The molecule has 2 aromatic rings. The average molecular weight is 356 g/mol. The van der Waals surface area contributed by atoms with Crippen molar-refractivity contribution < 1.29 is 8.42 Å². The van der Waals surface area contributed by atoms with Crippen LogP contribution < -0.4 is 0 Å². The predicted octanol–water partition coefficient (Wildman–Crippen LogP) is 4.00. The lowest BCUT2D eigenvalue weighted by Gasteiger charge is -2.34. The molecular weight excluding hydrogens is 338 g/mol. The van der Waals surface area contributed by atoms with Crippen molar-refractivity contribution in [2.75, 3.05) is 5.75 Å². The van der Waals surface area contributed by atoms with Crippen molar-refractivity contribution in [3.8, 4) is 0 Å². The first kappa shape index (κ1) is 14.1. The van der Waals surface area contributed by atoms with E-state index in [1.54, 1.807) is 0 Å². The van der Waals surface area contributed by atoms with Crippen LogP contribution in [0.1, 0.15) is 38.2 Å². The number of benzene rings is 1. The molecule has 0 saturated carbocycles. The fourth-order valence-corrected chi connectivity index (χ4v) is 5.08. The van der Waals surface area contributed by atoms with E-state index in [-0.39, 0.29) is 5.75 Å². The Balaban J connectivity index is 2.03. The van der Waals surface area contributed by atoms with Gasteiger partial charge in [-0.15, -0.1) is 0 Å². The highest BCUT2D eigenvalue weighted by Gasteiger charge is 2.41. The smallest absolute Gasteiger partial charge is 0.155 e. The predicted molar refractivity (Wildman–Crippen MR) is 85.8 cm³/mol. The lowest BCUT2D eigenvalue weighted by atomic mass is 9.87. The highest BCUT2D eigenvalue weighted by Crippen LogP contribution is 2.41. The molecule has 1 fully saturated rings. The Labute approximate surface area is 127 Å². The SMILES string of the molecule is CC1(C)CC(c2c[nH]c3ccc(Br)cc23)CCS1(=O)=O. The number of aromatic amines is 1. The summed E-state index contributed by atoms with van der Waals surface area (Å²) >= 11 is 3.51. The molecule has 0 aliphatic carbocycles. The standard InChI is InChI=1S/C15H18BrNO2S/c1-15(2)8-10(5-6-20(15,18)19)13-9-17-14-4-3-11(16)7-12(13)14/h3-4,7,9-10,17H,5-6,8H2,1-2H3. The summed E-state index contributed by atoms with van der Waals surface area (Å²) in [6, 6.07) is 6.17. The van der Waals surface area contributed by atoms with Crippen molar-refractivity contribution in [3.63, 3.8) is 0 Å². The van der Waals surface area contributed by atoms with E-state index in [9.17, 15) is 8.42 Å². The first-order valence-electron chi connectivity index (χ1n) is 6.79. The van der Waals surface area contributed by atoms with Gasteiger partial charge in [0.25, 0.3) is 0 Å². The molecule has 108 valence electrons. The Morgan fingerprint density at radius 3 is 2.80 bits per heavy atom. The van der Waals surface area contributed by atoms with E-state index >= 15 is 0 Å². The maximum absolute atomic E-state index is 12.1. The van der Waals surface area contributed by atoms with Gasteiger partial charge in [-0.2, -0.15) is 0 Å². The maximum atomic E-state index is 12.1. The van der Waals surface area contributed by atoms with Crippen molar-refractivity contribution in [3.05, 3.63) is 34.4 Å². The number of H-pyrrole nitrogens is 1. The van der Waals surface area contributed by atoms with E-state index in [1.165, 1.54) is 10.9 Å². The second-order valence-electron chi connectivity index (χ2n) is 6.20. The minimum absolute atomic E-state index is 0.283. The number of fused-ring (bicyclic) bond motifs is 1. The van der Waals surface area contributed by atoms with Gasteiger partial charge in [0.1, 0.15) is 0 Å². The van der Waals surface area contributed by atoms with Gasteiger partial charge in [-0.1, -0.05) is 15.9 Å². The van der Waals surface area contributed by atoms with Gasteiger partial charge in [-0.3, -0.25) is 0 Å². The van der Waals surface area contributed by atoms with Crippen molar-refractivity contribution >= 4 is 36.7 Å². The Morgan fingerprint density at radius 2 is 2.10 bits per heavy atom. The maximum Gasteiger partial charge on any atom is 0.155 e. The van der Waals surface area contributed by atoms with Gasteiger partial charge in [-0.25, -0.2) is 8.42 Å². The van der Waals surface area contributed by atoms with Gasteiger partial charge in [0.15, 0.2) is 9.84 Å². The molecule has 1 aromatic heterocycles. The van der Waals surface area contributed by atoms with E-state index in [1.807, 2.05) is 32.2 Å². The number of hydrogen-bond donors (Lipinski definition) is 1. The molecular formula is C15H18BrNO2S. The molecule has 0 radical (unpaired) electrons. The van der Waals surface area contributed by atoms with Gasteiger partial charge < -0.3 is 4.98 Å². The zero-order valence-electron chi connectivity index (χ0n) is 11.6. The highest BCUT2D eigenvalue weighted by molar-refractivity contribution is 9.10. The first-order valence-corrected chi connectivity index (χ1v) is 9.23. The molecule has 20 heavy (non-hydrogen) atoms. The van der Waals surface area contributed by atoms with Crippen LogP contribution >= 0.6 is 15.9 Å². The van der Waals surface area contributed by atoms with Gasteiger partial charge in [0, 0.05) is 21.6 Å². The summed E-state index contributed by atoms with van der Waals surface area (Å²) in [5.41, 5.74) is 2.35. The molecule has 1 N–H and O–H groups in total. The van der Waals surface area contributed by atoms with Crippen LogP contribution in [0.5, 0.6) is 0 Å². The third-order valence-electron chi connectivity index (χ3n) is 4.43. The van der Waals surface area contributed by atoms with Gasteiger partial charge in [-0.05, 0) is 56.4 Å². The first-order chi connectivity index (χ1) is 9.30. The molecule has 0 spiro atoms. The van der Waals surface area contributed by atoms with E-state index in [4.69, 9.17) is 0 Å². The Hall–Kier alpha value is -0.810. The molecule has 3 rings (SSSR count). The van der Waals surface area contributed by atoms with Crippen LogP contribution in [-0.4, -0.2) is 23.9 Å². The summed E-state index contributed by atoms with van der Waals surface area (Å²) in [5.74, 6) is 0.585. The van der Waals surface area contributed by atoms with Crippen LogP contribution in [0.2, 0.25) is 0 Å².